The van der Waals surface area contributed by atoms with E-state index in [2.05, 4.69) is 10.3 Å². The van der Waals surface area contributed by atoms with E-state index in [1.807, 2.05) is 0 Å². The van der Waals surface area contributed by atoms with Gasteiger partial charge in [0.1, 0.15) is 0 Å². The smallest absolute Gasteiger partial charge is 0.215 e. The van der Waals surface area contributed by atoms with Gasteiger partial charge in [-0.3, -0.25) is 0 Å². The van der Waals surface area contributed by atoms with E-state index in [1.165, 1.54) is 26.4 Å². The molecule has 0 saturated heterocycles. The summed E-state index contributed by atoms with van der Waals surface area (Å²) >= 11 is 0. The fraction of sp³-hybridized carbons (Fsp3) is 0.154. The number of anilines is 3. The van der Waals surface area contributed by atoms with Crippen LogP contribution >= 0.6 is 0 Å². The minimum Gasteiger partial charge on any atom is -0.494 e. The zero-order valence-corrected chi connectivity index (χ0v) is 10.6. The number of nitrogen functional groups attached to an aromatic ring is 1. The van der Waals surface area contributed by atoms with Gasteiger partial charge >= 0.3 is 0 Å². The third-order valence-corrected chi connectivity index (χ3v) is 2.52. The van der Waals surface area contributed by atoms with Gasteiger partial charge in [0.2, 0.25) is 5.88 Å². The Kier molecular flexibility index (Phi) is 3.70. The van der Waals surface area contributed by atoms with Crippen molar-refractivity contribution in [1.82, 2.24) is 4.98 Å². The monoisotopic (exact) mass is 263 g/mol. The van der Waals surface area contributed by atoms with Crippen molar-refractivity contribution in [3.8, 4) is 11.6 Å². The van der Waals surface area contributed by atoms with Crippen LogP contribution in [0.25, 0.3) is 0 Å². The molecule has 0 atom stereocenters. The van der Waals surface area contributed by atoms with Crippen molar-refractivity contribution in [2.45, 2.75) is 0 Å². The van der Waals surface area contributed by atoms with Crippen LogP contribution in [0.15, 0.2) is 30.3 Å². The van der Waals surface area contributed by atoms with Gasteiger partial charge in [-0.2, -0.15) is 4.98 Å². The molecule has 5 nitrogen and oxygen atoms in total. The molecule has 2 aromatic rings. The second-order valence-electron chi connectivity index (χ2n) is 3.77. The number of ether oxygens (including phenoxy) is 2. The summed E-state index contributed by atoms with van der Waals surface area (Å²) in [6.07, 6.45) is 0. The summed E-state index contributed by atoms with van der Waals surface area (Å²) < 4.78 is 23.2. The number of rotatable bonds is 4. The Morgan fingerprint density at radius 2 is 1.95 bits per heavy atom. The molecule has 0 aliphatic rings. The Bertz CT molecular complexity index is 590. The molecule has 0 amide bonds. The molecule has 0 aliphatic carbocycles. The van der Waals surface area contributed by atoms with Gasteiger partial charge < -0.3 is 20.5 Å². The number of nitrogens with two attached hydrogens (primary N) is 1. The molecule has 0 radical (unpaired) electrons. The maximum absolute atomic E-state index is 13.3. The van der Waals surface area contributed by atoms with Crippen LogP contribution in [0.3, 0.4) is 0 Å². The fourth-order valence-electron chi connectivity index (χ4n) is 1.54. The summed E-state index contributed by atoms with van der Waals surface area (Å²) in [4.78, 5) is 4.17. The highest BCUT2D eigenvalue weighted by molar-refractivity contribution is 5.69. The number of halogens is 1. The Morgan fingerprint density at radius 1 is 1.16 bits per heavy atom. The number of nitrogens with zero attached hydrogens (tertiary/aromatic N) is 1. The van der Waals surface area contributed by atoms with Gasteiger partial charge in [0.25, 0.3) is 0 Å². The lowest BCUT2D eigenvalue weighted by atomic mass is 10.2. The first-order chi connectivity index (χ1) is 9.13. The standard InChI is InChI=1S/C13H14FN3O2/c1-18-11-7-8(3-4-9(11)14)16-13-10(15)5-6-12(17-13)19-2/h3-7H,15H2,1-2H3,(H,16,17). The first-order valence-corrected chi connectivity index (χ1v) is 5.55. The number of nitrogens with one attached hydrogen (secondary N) is 1. The van der Waals surface area contributed by atoms with E-state index in [0.29, 0.717) is 23.1 Å². The van der Waals surface area contributed by atoms with Gasteiger partial charge in [0.15, 0.2) is 17.4 Å². The molecule has 0 bridgehead atoms. The highest BCUT2D eigenvalue weighted by Crippen LogP contribution is 2.27. The minimum absolute atomic E-state index is 0.145. The quantitative estimate of drug-likeness (QED) is 0.887. The van der Waals surface area contributed by atoms with E-state index in [9.17, 15) is 4.39 Å². The summed E-state index contributed by atoms with van der Waals surface area (Å²) in [5.41, 5.74) is 6.89. The van der Waals surface area contributed by atoms with E-state index in [0.717, 1.165) is 0 Å². The van der Waals surface area contributed by atoms with E-state index >= 15 is 0 Å². The molecule has 0 aliphatic heterocycles. The summed E-state index contributed by atoms with van der Waals surface area (Å²) in [5, 5.41) is 2.99. The number of methoxy groups -OCH3 is 2. The minimum atomic E-state index is -0.431. The van der Waals surface area contributed by atoms with Crippen LogP contribution in [0, 0.1) is 5.82 Å². The van der Waals surface area contributed by atoms with Gasteiger partial charge in [-0.15, -0.1) is 0 Å². The summed E-state index contributed by atoms with van der Waals surface area (Å²) in [6.45, 7) is 0. The van der Waals surface area contributed by atoms with E-state index in [-0.39, 0.29) is 5.75 Å². The Balaban J connectivity index is 2.30. The lowest BCUT2D eigenvalue weighted by Gasteiger charge is -2.11. The molecule has 0 spiro atoms. The van der Waals surface area contributed by atoms with Gasteiger partial charge in [-0.25, -0.2) is 4.39 Å². The second kappa shape index (κ2) is 5.43. The molecule has 0 unspecified atom stereocenters. The topological polar surface area (TPSA) is 69.4 Å². The Labute approximate surface area is 110 Å². The van der Waals surface area contributed by atoms with Crippen LogP contribution in [-0.4, -0.2) is 19.2 Å². The first-order valence-electron chi connectivity index (χ1n) is 5.55. The number of aromatic nitrogens is 1. The van der Waals surface area contributed by atoms with Gasteiger partial charge in [-0.1, -0.05) is 0 Å². The van der Waals surface area contributed by atoms with Crippen LogP contribution in [-0.2, 0) is 0 Å². The molecule has 3 N–H and O–H groups in total. The normalized spacial score (nSPS) is 10.1. The van der Waals surface area contributed by atoms with E-state index in [1.54, 1.807) is 18.2 Å². The van der Waals surface area contributed by atoms with Crippen LogP contribution in [0.4, 0.5) is 21.6 Å². The molecule has 19 heavy (non-hydrogen) atoms. The summed E-state index contributed by atoms with van der Waals surface area (Å²) in [6, 6.07) is 7.73. The van der Waals surface area contributed by atoms with Crippen LogP contribution in [0.5, 0.6) is 11.6 Å². The average Bonchev–Trinajstić information content (AvgIpc) is 2.43. The van der Waals surface area contributed by atoms with Crippen LogP contribution in [0.2, 0.25) is 0 Å². The molecule has 0 fully saturated rings. The maximum Gasteiger partial charge on any atom is 0.215 e. The zero-order valence-electron chi connectivity index (χ0n) is 10.6. The summed E-state index contributed by atoms with van der Waals surface area (Å²) in [5.74, 6) is 0.588. The summed E-state index contributed by atoms with van der Waals surface area (Å²) in [7, 11) is 2.92. The lowest BCUT2D eigenvalue weighted by Crippen LogP contribution is -2.01. The van der Waals surface area contributed by atoms with Crippen LogP contribution < -0.4 is 20.5 Å². The largest absolute Gasteiger partial charge is 0.494 e. The number of hydrogen-bond acceptors (Lipinski definition) is 5. The van der Waals surface area contributed by atoms with Crippen molar-refractivity contribution in [2.24, 2.45) is 0 Å². The third-order valence-electron chi connectivity index (χ3n) is 2.52. The molecule has 100 valence electrons. The van der Waals surface area contributed by atoms with Crippen molar-refractivity contribution in [2.75, 3.05) is 25.3 Å². The predicted molar refractivity (Wildman–Crippen MR) is 71.4 cm³/mol. The van der Waals surface area contributed by atoms with E-state index in [4.69, 9.17) is 15.2 Å². The van der Waals surface area contributed by atoms with Crippen LogP contribution in [0.1, 0.15) is 0 Å². The maximum atomic E-state index is 13.3. The van der Waals surface area contributed by atoms with Gasteiger partial charge in [0.05, 0.1) is 19.9 Å². The van der Waals surface area contributed by atoms with Gasteiger partial charge in [-0.05, 0) is 18.2 Å². The number of pyridine rings is 1. The molecule has 1 aromatic heterocycles. The fourth-order valence-corrected chi connectivity index (χ4v) is 1.54. The third kappa shape index (κ3) is 2.85. The van der Waals surface area contributed by atoms with E-state index < -0.39 is 5.82 Å². The SMILES string of the molecule is COc1ccc(N)c(Nc2ccc(F)c(OC)c2)n1. The van der Waals surface area contributed by atoms with Crippen molar-refractivity contribution in [3.63, 3.8) is 0 Å². The highest BCUT2D eigenvalue weighted by Gasteiger charge is 2.07. The molecular weight excluding hydrogens is 249 g/mol. The number of hydrogen-bond donors (Lipinski definition) is 2. The second-order valence-corrected chi connectivity index (χ2v) is 3.77. The predicted octanol–water partition coefficient (Wildman–Crippen LogP) is 2.56. The Hall–Kier alpha value is -2.50. The molecule has 0 saturated carbocycles. The number of benzene rings is 1. The highest BCUT2D eigenvalue weighted by atomic mass is 19.1. The molecule has 1 heterocycles. The van der Waals surface area contributed by atoms with Crippen molar-refractivity contribution >= 4 is 17.2 Å². The molecular formula is C13H14FN3O2. The van der Waals surface area contributed by atoms with Crippen molar-refractivity contribution in [1.29, 1.82) is 0 Å². The molecule has 6 heteroatoms. The molecule has 1 aromatic carbocycles. The lowest BCUT2D eigenvalue weighted by molar-refractivity contribution is 0.387. The van der Waals surface area contributed by atoms with Crippen molar-refractivity contribution in [3.05, 3.63) is 36.1 Å². The molecule has 2 rings (SSSR count). The Morgan fingerprint density at radius 3 is 2.63 bits per heavy atom. The zero-order chi connectivity index (χ0) is 13.8. The van der Waals surface area contributed by atoms with Crippen molar-refractivity contribution < 1.29 is 13.9 Å². The average molecular weight is 263 g/mol. The first kappa shape index (κ1) is 12.9. The van der Waals surface area contributed by atoms with Gasteiger partial charge in [0, 0.05) is 17.8 Å².